The highest BCUT2D eigenvalue weighted by atomic mass is 16.5. The van der Waals surface area contributed by atoms with E-state index >= 15 is 0 Å². The van der Waals surface area contributed by atoms with Gasteiger partial charge in [0.05, 0.1) is 13.2 Å². The van der Waals surface area contributed by atoms with Crippen molar-refractivity contribution >= 4 is 17.5 Å². The summed E-state index contributed by atoms with van der Waals surface area (Å²) in [5.41, 5.74) is 3.63. The molecule has 1 saturated heterocycles. The van der Waals surface area contributed by atoms with Crippen LogP contribution in [0.5, 0.6) is 0 Å². The topological polar surface area (TPSA) is 48.1 Å². The number of alkyl carbamates (subject to hydrolysis) is 1. The predicted molar refractivity (Wildman–Crippen MR) is 114 cm³/mol. The first kappa shape index (κ1) is 20.0. The first-order valence-electron chi connectivity index (χ1n) is 9.71. The maximum Gasteiger partial charge on any atom is 0.406 e. The van der Waals surface area contributed by atoms with Gasteiger partial charge < -0.3 is 19.9 Å². The van der Waals surface area contributed by atoms with Crippen molar-refractivity contribution in [3.05, 3.63) is 60.2 Å². The van der Waals surface area contributed by atoms with Crippen LogP contribution in [0.2, 0.25) is 0 Å². The molecule has 0 saturated carbocycles. The number of hydrogen-bond acceptors (Lipinski definition) is 5. The molecule has 1 heterocycles. The van der Waals surface area contributed by atoms with Crippen molar-refractivity contribution in [2.45, 2.75) is 6.04 Å². The Bertz CT molecular complexity index is 741. The van der Waals surface area contributed by atoms with Crippen LogP contribution in [0.25, 0.3) is 0 Å². The van der Waals surface area contributed by atoms with Gasteiger partial charge in [-0.25, -0.2) is 4.79 Å². The van der Waals surface area contributed by atoms with Gasteiger partial charge in [-0.05, 0) is 29.8 Å². The van der Waals surface area contributed by atoms with E-state index in [1.165, 1.54) is 18.4 Å². The highest BCUT2D eigenvalue weighted by Crippen LogP contribution is 2.25. The monoisotopic (exact) mass is 382 g/mol. The Morgan fingerprint density at radius 2 is 1.68 bits per heavy atom. The van der Waals surface area contributed by atoms with Crippen LogP contribution in [0.4, 0.5) is 16.2 Å². The van der Waals surface area contributed by atoms with Crippen molar-refractivity contribution in [1.82, 2.24) is 10.2 Å². The number of nitrogens with zero attached hydrogens (tertiary/aromatic N) is 3. The van der Waals surface area contributed by atoms with E-state index in [9.17, 15) is 4.79 Å². The number of rotatable bonds is 6. The molecule has 6 nitrogen and oxygen atoms in total. The van der Waals surface area contributed by atoms with Gasteiger partial charge in [0.15, 0.2) is 0 Å². The van der Waals surface area contributed by atoms with Crippen LogP contribution >= 0.6 is 0 Å². The zero-order valence-electron chi connectivity index (χ0n) is 17.0. The Morgan fingerprint density at radius 1 is 1.04 bits per heavy atom. The molecule has 1 N–H and O–H groups in total. The summed E-state index contributed by atoms with van der Waals surface area (Å²) >= 11 is 0. The predicted octanol–water partition coefficient (Wildman–Crippen LogP) is 2.97. The minimum Gasteiger partial charge on any atom is -0.453 e. The molecule has 1 fully saturated rings. The Labute approximate surface area is 167 Å². The molecule has 0 unspecified atom stereocenters. The second-order valence-electron chi connectivity index (χ2n) is 7.23. The molecule has 28 heavy (non-hydrogen) atoms. The zero-order chi connectivity index (χ0) is 19.9. The first-order chi connectivity index (χ1) is 13.6. The lowest BCUT2D eigenvalue weighted by molar-refractivity contribution is 0.154. The van der Waals surface area contributed by atoms with Gasteiger partial charge >= 0.3 is 6.09 Å². The molecule has 0 aromatic heterocycles. The lowest BCUT2D eigenvalue weighted by Crippen LogP contribution is -2.49. The summed E-state index contributed by atoms with van der Waals surface area (Å²) < 4.78 is 4.77. The largest absolute Gasteiger partial charge is 0.453 e. The number of ether oxygens (including phenoxy) is 1. The van der Waals surface area contributed by atoms with Crippen LogP contribution in [0.3, 0.4) is 0 Å². The van der Waals surface area contributed by atoms with Gasteiger partial charge in [0.2, 0.25) is 0 Å². The number of carbonyl (C=O) groups is 1. The summed E-state index contributed by atoms with van der Waals surface area (Å²) in [6, 6.07) is 19.2. The lowest BCUT2D eigenvalue weighted by Gasteiger charge is -2.40. The third kappa shape index (κ3) is 4.95. The molecule has 6 heteroatoms. The highest BCUT2D eigenvalue weighted by molar-refractivity contribution is 5.67. The fraction of sp³-hybridized carbons (Fsp3) is 0.409. The fourth-order valence-corrected chi connectivity index (χ4v) is 3.64. The standard InChI is InChI=1S/C22H30N4O2/c1-24(2)19-11-9-18(10-12-19)21(17-23-22(27)28-3)26-15-13-25(14-16-26)20-7-5-4-6-8-20/h4-12,21H,13-17H2,1-3H3,(H,23,27)/t21-/m0/s1. The van der Waals surface area contributed by atoms with Crippen molar-refractivity contribution in [2.24, 2.45) is 0 Å². The normalized spacial score (nSPS) is 15.8. The van der Waals surface area contributed by atoms with Gasteiger partial charge in [-0.2, -0.15) is 0 Å². The number of piperazine rings is 1. The lowest BCUT2D eigenvalue weighted by atomic mass is 10.0. The Kier molecular flexibility index (Phi) is 6.76. The number of carbonyl (C=O) groups excluding carboxylic acids is 1. The van der Waals surface area contributed by atoms with Crippen LogP contribution in [-0.4, -0.2) is 64.9 Å². The number of nitrogens with one attached hydrogen (secondary N) is 1. The smallest absolute Gasteiger partial charge is 0.406 e. The van der Waals surface area contributed by atoms with Gasteiger partial charge in [-0.1, -0.05) is 30.3 Å². The molecule has 0 bridgehead atoms. The molecule has 1 atom stereocenters. The molecule has 0 aliphatic carbocycles. The molecular weight excluding hydrogens is 352 g/mol. The van der Waals surface area contributed by atoms with E-state index in [1.807, 2.05) is 20.2 Å². The summed E-state index contributed by atoms with van der Waals surface area (Å²) in [5, 5.41) is 2.88. The van der Waals surface area contributed by atoms with Gasteiger partial charge in [-0.3, -0.25) is 4.90 Å². The maximum atomic E-state index is 11.6. The second kappa shape index (κ2) is 9.46. The minimum atomic E-state index is -0.391. The SMILES string of the molecule is COC(=O)NC[C@@H](c1ccc(N(C)C)cc1)N1CCN(c2ccccc2)CC1. The third-order valence-electron chi connectivity index (χ3n) is 5.30. The van der Waals surface area contributed by atoms with Crippen LogP contribution in [-0.2, 0) is 4.74 Å². The van der Waals surface area contributed by atoms with E-state index < -0.39 is 6.09 Å². The van der Waals surface area contributed by atoms with Gasteiger partial charge in [0.25, 0.3) is 0 Å². The highest BCUT2D eigenvalue weighted by Gasteiger charge is 2.26. The number of anilines is 2. The quantitative estimate of drug-likeness (QED) is 0.832. The zero-order valence-corrected chi connectivity index (χ0v) is 17.0. The summed E-state index contributed by atoms with van der Waals surface area (Å²) in [7, 11) is 5.47. The molecule has 2 aromatic rings. The Morgan fingerprint density at radius 3 is 2.25 bits per heavy atom. The van der Waals surface area contributed by atoms with Crippen LogP contribution in [0.15, 0.2) is 54.6 Å². The average Bonchev–Trinajstić information content (AvgIpc) is 2.75. The number of methoxy groups -OCH3 is 1. The molecule has 1 aliphatic rings. The van der Waals surface area contributed by atoms with Crippen molar-refractivity contribution in [2.75, 3.05) is 63.7 Å². The van der Waals surface area contributed by atoms with E-state index in [1.54, 1.807) is 0 Å². The van der Waals surface area contributed by atoms with Crippen molar-refractivity contribution < 1.29 is 9.53 Å². The Balaban J connectivity index is 1.71. The van der Waals surface area contributed by atoms with Crippen LogP contribution in [0.1, 0.15) is 11.6 Å². The summed E-state index contributed by atoms with van der Waals surface area (Å²) in [6.45, 7) is 4.35. The van der Waals surface area contributed by atoms with Crippen molar-refractivity contribution in [3.63, 3.8) is 0 Å². The maximum absolute atomic E-state index is 11.6. The number of benzene rings is 2. The van der Waals surface area contributed by atoms with E-state index in [-0.39, 0.29) is 6.04 Å². The molecule has 2 aromatic carbocycles. The van der Waals surface area contributed by atoms with Gasteiger partial charge in [-0.15, -0.1) is 0 Å². The van der Waals surface area contributed by atoms with Crippen molar-refractivity contribution in [1.29, 1.82) is 0 Å². The number of amides is 1. The van der Waals surface area contributed by atoms with Gasteiger partial charge in [0, 0.05) is 58.2 Å². The Hall–Kier alpha value is -2.73. The fourth-order valence-electron chi connectivity index (χ4n) is 3.64. The minimum absolute atomic E-state index is 0.119. The molecule has 1 amide bonds. The molecule has 0 spiro atoms. The molecule has 3 rings (SSSR count). The number of hydrogen-bond donors (Lipinski definition) is 1. The van der Waals surface area contributed by atoms with Crippen LogP contribution < -0.4 is 15.1 Å². The van der Waals surface area contributed by atoms with Gasteiger partial charge in [0.1, 0.15) is 0 Å². The van der Waals surface area contributed by atoms with E-state index in [0.29, 0.717) is 6.54 Å². The molecular formula is C22H30N4O2. The molecule has 150 valence electrons. The van der Waals surface area contributed by atoms with E-state index in [2.05, 4.69) is 68.5 Å². The summed E-state index contributed by atoms with van der Waals surface area (Å²) in [5.74, 6) is 0. The molecule has 1 aliphatic heterocycles. The number of para-hydroxylation sites is 1. The second-order valence-corrected chi connectivity index (χ2v) is 7.23. The summed E-state index contributed by atoms with van der Waals surface area (Å²) in [4.78, 5) is 18.6. The van der Waals surface area contributed by atoms with Crippen molar-refractivity contribution in [3.8, 4) is 0 Å². The first-order valence-corrected chi connectivity index (χ1v) is 9.71. The average molecular weight is 383 g/mol. The molecule has 0 radical (unpaired) electrons. The third-order valence-corrected chi connectivity index (χ3v) is 5.30. The summed E-state index contributed by atoms with van der Waals surface area (Å²) in [6.07, 6.45) is -0.391. The van der Waals surface area contributed by atoms with E-state index in [0.717, 1.165) is 31.9 Å². The van der Waals surface area contributed by atoms with E-state index in [4.69, 9.17) is 4.74 Å². The van der Waals surface area contributed by atoms with Crippen LogP contribution in [0, 0.1) is 0 Å².